The standard InChI is InChI=1S/C24H23N5O2S/c1-13-19(11-29(28-13)14-2-4-15(30)5-3-14)18-9-27-24(25)23-17(18)8-21(31-23)20-12-32-22-10-26-7-6-16(20)22/h6-12,14-15,30H,2-5H2,1H3,(H2,25,27). The number of aliphatic hydroxyl groups is 1. The van der Waals surface area contributed by atoms with E-state index < -0.39 is 0 Å². The van der Waals surface area contributed by atoms with Gasteiger partial charge in [-0.1, -0.05) is 0 Å². The second-order valence-electron chi connectivity index (χ2n) is 8.50. The number of pyridine rings is 2. The van der Waals surface area contributed by atoms with Gasteiger partial charge in [-0.2, -0.15) is 5.10 Å². The number of nitrogens with two attached hydrogens (primary N) is 1. The fraction of sp³-hybridized carbons (Fsp3) is 0.292. The Balaban J connectivity index is 1.46. The highest BCUT2D eigenvalue weighted by molar-refractivity contribution is 7.17. The molecule has 7 nitrogen and oxygen atoms in total. The van der Waals surface area contributed by atoms with E-state index >= 15 is 0 Å². The predicted octanol–water partition coefficient (Wildman–Crippen LogP) is 5.33. The van der Waals surface area contributed by atoms with Gasteiger partial charge in [-0.15, -0.1) is 11.3 Å². The van der Waals surface area contributed by atoms with Gasteiger partial charge in [0.2, 0.25) is 0 Å². The second kappa shape index (κ2) is 7.43. The van der Waals surface area contributed by atoms with Crippen molar-refractivity contribution >= 4 is 38.2 Å². The van der Waals surface area contributed by atoms with Gasteiger partial charge < -0.3 is 15.3 Å². The van der Waals surface area contributed by atoms with Crippen LogP contribution in [0.5, 0.6) is 0 Å². The number of thiophene rings is 1. The lowest BCUT2D eigenvalue weighted by Crippen LogP contribution is -2.21. The molecule has 0 bridgehead atoms. The van der Waals surface area contributed by atoms with Gasteiger partial charge in [0.05, 0.1) is 22.5 Å². The van der Waals surface area contributed by atoms with Gasteiger partial charge in [-0.05, 0) is 44.7 Å². The molecule has 0 aliphatic heterocycles. The summed E-state index contributed by atoms with van der Waals surface area (Å²) in [4.78, 5) is 8.63. The Labute approximate surface area is 188 Å². The average molecular weight is 446 g/mol. The maximum atomic E-state index is 9.84. The van der Waals surface area contributed by atoms with Crippen LogP contribution in [0.3, 0.4) is 0 Å². The molecule has 3 N–H and O–H groups in total. The molecule has 5 heterocycles. The molecule has 32 heavy (non-hydrogen) atoms. The number of rotatable bonds is 3. The monoisotopic (exact) mass is 445 g/mol. The lowest BCUT2D eigenvalue weighted by Gasteiger charge is -2.25. The normalized spacial score (nSPS) is 19.2. The molecule has 5 aromatic rings. The summed E-state index contributed by atoms with van der Waals surface area (Å²) >= 11 is 1.64. The zero-order valence-corrected chi connectivity index (χ0v) is 18.5. The topological polar surface area (TPSA) is 103 Å². The van der Waals surface area contributed by atoms with Crippen LogP contribution < -0.4 is 5.73 Å². The summed E-state index contributed by atoms with van der Waals surface area (Å²) in [5.41, 5.74) is 10.8. The zero-order valence-electron chi connectivity index (χ0n) is 17.7. The van der Waals surface area contributed by atoms with Gasteiger partial charge in [0.25, 0.3) is 0 Å². The maximum Gasteiger partial charge on any atom is 0.177 e. The Bertz CT molecular complexity index is 1440. The minimum atomic E-state index is -0.184. The number of furan rings is 1. The number of nitrogen functional groups attached to an aromatic ring is 1. The largest absolute Gasteiger partial charge is 0.452 e. The van der Waals surface area contributed by atoms with Crippen LogP contribution in [0.15, 0.2) is 46.7 Å². The lowest BCUT2D eigenvalue weighted by molar-refractivity contribution is 0.108. The van der Waals surface area contributed by atoms with Crippen LogP contribution in [0.4, 0.5) is 5.82 Å². The molecule has 1 fully saturated rings. The fourth-order valence-corrected chi connectivity index (χ4v) is 5.63. The first-order valence-corrected chi connectivity index (χ1v) is 11.7. The number of aliphatic hydroxyl groups excluding tert-OH is 1. The maximum absolute atomic E-state index is 9.84. The van der Waals surface area contributed by atoms with Crippen molar-refractivity contribution in [3.8, 4) is 22.5 Å². The third-order valence-electron chi connectivity index (χ3n) is 6.48. The van der Waals surface area contributed by atoms with Crippen molar-refractivity contribution in [1.82, 2.24) is 19.7 Å². The number of fused-ring (bicyclic) bond motifs is 2. The number of nitrogens with zero attached hydrogens (tertiary/aromatic N) is 4. The zero-order chi connectivity index (χ0) is 21.8. The molecule has 0 saturated heterocycles. The van der Waals surface area contributed by atoms with E-state index in [1.165, 1.54) is 0 Å². The van der Waals surface area contributed by atoms with E-state index in [0.29, 0.717) is 17.4 Å². The summed E-state index contributed by atoms with van der Waals surface area (Å²) in [6, 6.07) is 4.37. The minimum Gasteiger partial charge on any atom is -0.452 e. The first-order chi connectivity index (χ1) is 15.6. The van der Waals surface area contributed by atoms with Crippen molar-refractivity contribution in [3.63, 3.8) is 0 Å². The van der Waals surface area contributed by atoms with Gasteiger partial charge in [0, 0.05) is 57.6 Å². The highest BCUT2D eigenvalue weighted by Gasteiger charge is 2.24. The SMILES string of the molecule is Cc1nn(C2CCC(O)CC2)cc1-c1cnc(N)c2oc(-c3csc4cnccc34)cc12. The molecule has 5 aromatic heterocycles. The summed E-state index contributed by atoms with van der Waals surface area (Å²) in [6.07, 6.45) is 10.9. The summed E-state index contributed by atoms with van der Waals surface area (Å²) in [7, 11) is 0. The molecule has 0 amide bonds. The van der Waals surface area contributed by atoms with E-state index in [0.717, 1.165) is 69.3 Å². The van der Waals surface area contributed by atoms with Crippen LogP contribution in [0.2, 0.25) is 0 Å². The third kappa shape index (κ3) is 3.10. The van der Waals surface area contributed by atoms with Crippen LogP contribution in [0.1, 0.15) is 37.4 Å². The van der Waals surface area contributed by atoms with Gasteiger partial charge in [-0.25, -0.2) is 4.98 Å². The highest BCUT2D eigenvalue weighted by Crippen LogP contribution is 2.41. The van der Waals surface area contributed by atoms with Crippen molar-refractivity contribution in [1.29, 1.82) is 0 Å². The van der Waals surface area contributed by atoms with Crippen LogP contribution in [-0.2, 0) is 0 Å². The Morgan fingerprint density at radius 2 is 1.97 bits per heavy atom. The summed E-state index contributed by atoms with van der Waals surface area (Å²) < 4.78 is 9.40. The van der Waals surface area contributed by atoms with E-state index in [2.05, 4.69) is 32.3 Å². The summed E-state index contributed by atoms with van der Waals surface area (Å²) in [6.45, 7) is 2.02. The highest BCUT2D eigenvalue weighted by atomic mass is 32.1. The van der Waals surface area contributed by atoms with Crippen molar-refractivity contribution in [2.45, 2.75) is 44.8 Å². The Hall–Kier alpha value is -3.23. The second-order valence-corrected chi connectivity index (χ2v) is 9.41. The van der Waals surface area contributed by atoms with Crippen molar-refractivity contribution in [3.05, 3.63) is 48.0 Å². The number of aromatic nitrogens is 4. The van der Waals surface area contributed by atoms with Crippen LogP contribution in [0, 0.1) is 6.92 Å². The Kier molecular flexibility index (Phi) is 4.51. The molecule has 1 aliphatic rings. The smallest absolute Gasteiger partial charge is 0.177 e. The Morgan fingerprint density at radius 1 is 1.12 bits per heavy atom. The van der Waals surface area contributed by atoms with Crippen molar-refractivity contribution in [2.75, 3.05) is 5.73 Å². The van der Waals surface area contributed by atoms with Crippen LogP contribution in [-0.4, -0.2) is 31.0 Å². The fourth-order valence-electron chi connectivity index (χ4n) is 4.72. The van der Waals surface area contributed by atoms with E-state index in [9.17, 15) is 5.11 Å². The molecule has 0 spiro atoms. The molecule has 1 aliphatic carbocycles. The molecule has 1 saturated carbocycles. The average Bonchev–Trinajstić information content (AvgIpc) is 3.51. The first-order valence-electron chi connectivity index (χ1n) is 10.8. The number of hydrogen-bond donors (Lipinski definition) is 2. The van der Waals surface area contributed by atoms with Crippen molar-refractivity contribution in [2.24, 2.45) is 0 Å². The molecule has 6 rings (SSSR count). The number of anilines is 1. The number of aryl methyl sites for hydroxylation is 1. The van der Waals surface area contributed by atoms with Gasteiger partial charge in [0.15, 0.2) is 11.4 Å². The van der Waals surface area contributed by atoms with E-state index in [-0.39, 0.29) is 6.10 Å². The first kappa shape index (κ1) is 19.5. The molecular weight excluding hydrogens is 422 g/mol. The van der Waals surface area contributed by atoms with Crippen LogP contribution >= 0.6 is 11.3 Å². The van der Waals surface area contributed by atoms with E-state index in [4.69, 9.17) is 15.2 Å². The summed E-state index contributed by atoms with van der Waals surface area (Å²) in [5.74, 6) is 1.15. The third-order valence-corrected chi connectivity index (χ3v) is 7.41. The molecule has 0 radical (unpaired) electrons. The van der Waals surface area contributed by atoms with Gasteiger partial charge >= 0.3 is 0 Å². The molecular formula is C24H23N5O2S. The van der Waals surface area contributed by atoms with Crippen molar-refractivity contribution < 1.29 is 9.52 Å². The molecule has 162 valence electrons. The predicted molar refractivity (Wildman–Crippen MR) is 127 cm³/mol. The molecule has 8 heteroatoms. The minimum absolute atomic E-state index is 0.184. The summed E-state index contributed by atoms with van der Waals surface area (Å²) in [5, 5.41) is 18.8. The van der Waals surface area contributed by atoms with Crippen LogP contribution in [0.25, 0.3) is 43.5 Å². The molecule has 0 aromatic carbocycles. The lowest BCUT2D eigenvalue weighted by atomic mass is 9.93. The molecule has 0 atom stereocenters. The van der Waals surface area contributed by atoms with E-state index in [1.54, 1.807) is 17.5 Å². The van der Waals surface area contributed by atoms with Gasteiger partial charge in [0.1, 0.15) is 5.76 Å². The van der Waals surface area contributed by atoms with E-state index in [1.807, 2.05) is 25.4 Å². The Morgan fingerprint density at radius 3 is 2.81 bits per heavy atom. The quantitative estimate of drug-likeness (QED) is 0.389. The van der Waals surface area contributed by atoms with Gasteiger partial charge in [-0.3, -0.25) is 9.67 Å². The molecule has 0 unspecified atom stereocenters. The number of hydrogen-bond acceptors (Lipinski definition) is 7.